The number of rotatable bonds is 2. The Hall–Kier alpha value is -1.40. The summed E-state index contributed by atoms with van der Waals surface area (Å²) in [7, 11) is -3.44. The Labute approximate surface area is 113 Å². The van der Waals surface area contributed by atoms with Crippen LogP contribution in [0.3, 0.4) is 0 Å². The zero-order valence-corrected chi connectivity index (χ0v) is 12.0. The van der Waals surface area contributed by atoms with E-state index in [1.807, 2.05) is 13.0 Å². The van der Waals surface area contributed by atoms with E-state index in [9.17, 15) is 13.2 Å². The lowest BCUT2D eigenvalue weighted by atomic mass is 10.2. The highest BCUT2D eigenvalue weighted by Crippen LogP contribution is 2.18. The van der Waals surface area contributed by atoms with Crippen LogP contribution in [0.25, 0.3) is 0 Å². The number of nitrogens with zero attached hydrogens (tertiary/aromatic N) is 2. The third-order valence-corrected chi connectivity index (χ3v) is 5.21. The normalized spacial score (nSPS) is 17.5. The molecule has 6 heteroatoms. The predicted molar refractivity (Wildman–Crippen MR) is 72.2 cm³/mol. The van der Waals surface area contributed by atoms with Crippen LogP contribution < -0.4 is 0 Å². The summed E-state index contributed by atoms with van der Waals surface area (Å²) in [4.78, 5) is 13.2. The maximum atomic E-state index is 12.4. The minimum absolute atomic E-state index is 0.00685. The summed E-state index contributed by atoms with van der Waals surface area (Å²) in [6.07, 6.45) is 0. The van der Waals surface area contributed by atoms with Crippen molar-refractivity contribution in [3.05, 3.63) is 29.8 Å². The summed E-state index contributed by atoms with van der Waals surface area (Å²) in [5.41, 5.74) is 0.920. The van der Waals surface area contributed by atoms with Crippen LogP contribution in [0.2, 0.25) is 0 Å². The fraction of sp³-hybridized carbons (Fsp3) is 0.462. The van der Waals surface area contributed by atoms with E-state index in [-0.39, 0.29) is 5.91 Å². The van der Waals surface area contributed by atoms with Crippen LogP contribution in [0.4, 0.5) is 0 Å². The van der Waals surface area contributed by atoms with Gasteiger partial charge in [0.15, 0.2) is 0 Å². The first kappa shape index (κ1) is 14.0. The van der Waals surface area contributed by atoms with Crippen molar-refractivity contribution < 1.29 is 13.2 Å². The molecule has 1 aromatic rings. The van der Waals surface area contributed by atoms with E-state index >= 15 is 0 Å². The number of hydrogen-bond donors (Lipinski definition) is 0. The topological polar surface area (TPSA) is 57.7 Å². The number of sulfonamides is 1. The van der Waals surface area contributed by atoms with Crippen LogP contribution in [-0.2, 0) is 14.8 Å². The van der Waals surface area contributed by atoms with Crippen molar-refractivity contribution >= 4 is 15.9 Å². The van der Waals surface area contributed by atoms with Gasteiger partial charge in [0.25, 0.3) is 0 Å². The lowest BCUT2D eigenvalue weighted by molar-refractivity contribution is -0.129. The van der Waals surface area contributed by atoms with E-state index < -0.39 is 10.0 Å². The molecule has 0 N–H and O–H groups in total. The molecule has 0 saturated carbocycles. The fourth-order valence-corrected chi connectivity index (χ4v) is 3.70. The molecule has 0 bridgehead atoms. The zero-order valence-electron chi connectivity index (χ0n) is 11.2. The molecule has 1 fully saturated rings. The minimum atomic E-state index is -3.44. The maximum Gasteiger partial charge on any atom is 0.243 e. The second-order valence-corrected chi connectivity index (χ2v) is 6.66. The van der Waals surface area contributed by atoms with Crippen LogP contribution >= 0.6 is 0 Å². The Morgan fingerprint density at radius 2 is 1.79 bits per heavy atom. The summed E-state index contributed by atoms with van der Waals surface area (Å²) in [5, 5.41) is 0. The van der Waals surface area contributed by atoms with Gasteiger partial charge in [-0.15, -0.1) is 0 Å². The molecular formula is C13H18N2O3S. The van der Waals surface area contributed by atoms with Crippen LogP contribution in [0.1, 0.15) is 12.5 Å². The van der Waals surface area contributed by atoms with Gasteiger partial charge in [0.1, 0.15) is 0 Å². The second kappa shape index (κ2) is 5.30. The molecule has 5 nitrogen and oxygen atoms in total. The SMILES string of the molecule is CC(=O)N1CCN(S(=O)(=O)c2cccc(C)c2)CC1. The largest absolute Gasteiger partial charge is 0.340 e. The smallest absolute Gasteiger partial charge is 0.243 e. The van der Waals surface area contributed by atoms with E-state index in [1.165, 1.54) is 11.2 Å². The Morgan fingerprint density at radius 1 is 1.16 bits per heavy atom. The van der Waals surface area contributed by atoms with Gasteiger partial charge in [-0.1, -0.05) is 12.1 Å². The third kappa shape index (κ3) is 2.96. The van der Waals surface area contributed by atoms with Gasteiger partial charge in [-0.25, -0.2) is 8.42 Å². The number of carbonyl (C=O) groups is 1. The summed E-state index contributed by atoms with van der Waals surface area (Å²) in [6.45, 7) is 5.00. The average molecular weight is 282 g/mol. The van der Waals surface area contributed by atoms with Crippen molar-refractivity contribution in [3.8, 4) is 0 Å². The number of hydrogen-bond acceptors (Lipinski definition) is 3. The predicted octanol–water partition coefficient (Wildman–Crippen LogP) is 0.848. The zero-order chi connectivity index (χ0) is 14.0. The van der Waals surface area contributed by atoms with Crippen LogP contribution in [0, 0.1) is 6.92 Å². The minimum Gasteiger partial charge on any atom is -0.340 e. The van der Waals surface area contributed by atoms with Gasteiger partial charge in [-0.05, 0) is 24.6 Å². The molecule has 1 heterocycles. The van der Waals surface area contributed by atoms with Crippen molar-refractivity contribution in [3.63, 3.8) is 0 Å². The Morgan fingerprint density at radius 3 is 2.32 bits per heavy atom. The van der Waals surface area contributed by atoms with Gasteiger partial charge in [0.05, 0.1) is 4.90 Å². The average Bonchev–Trinajstić information content (AvgIpc) is 2.39. The van der Waals surface area contributed by atoms with Crippen molar-refractivity contribution in [2.75, 3.05) is 26.2 Å². The Balaban J connectivity index is 2.16. The summed E-state index contributed by atoms with van der Waals surface area (Å²) in [6, 6.07) is 6.90. The van der Waals surface area contributed by atoms with E-state index in [0.29, 0.717) is 31.1 Å². The summed E-state index contributed by atoms with van der Waals surface area (Å²) >= 11 is 0. The number of piperazine rings is 1. The van der Waals surface area contributed by atoms with Gasteiger partial charge in [-0.3, -0.25) is 4.79 Å². The number of carbonyl (C=O) groups excluding carboxylic acids is 1. The molecule has 1 aliphatic rings. The fourth-order valence-electron chi connectivity index (χ4n) is 2.17. The Bertz CT molecular complexity index is 575. The first-order valence-corrected chi connectivity index (χ1v) is 7.67. The van der Waals surface area contributed by atoms with E-state index in [4.69, 9.17) is 0 Å². The molecule has 0 atom stereocenters. The molecule has 1 aromatic carbocycles. The molecule has 0 aromatic heterocycles. The number of amides is 1. The lowest BCUT2D eigenvalue weighted by Crippen LogP contribution is -2.49. The van der Waals surface area contributed by atoms with Crippen molar-refractivity contribution in [1.29, 1.82) is 0 Å². The maximum absolute atomic E-state index is 12.4. The molecule has 0 radical (unpaired) electrons. The summed E-state index contributed by atoms with van der Waals surface area (Å²) < 4.78 is 26.3. The Kier molecular flexibility index (Phi) is 3.91. The van der Waals surface area contributed by atoms with Gasteiger partial charge in [0, 0.05) is 33.1 Å². The van der Waals surface area contributed by atoms with E-state index in [2.05, 4.69) is 0 Å². The van der Waals surface area contributed by atoms with E-state index in [0.717, 1.165) is 5.56 Å². The van der Waals surface area contributed by atoms with Gasteiger partial charge < -0.3 is 4.90 Å². The molecule has 1 saturated heterocycles. The van der Waals surface area contributed by atoms with Crippen LogP contribution in [0.15, 0.2) is 29.2 Å². The van der Waals surface area contributed by atoms with E-state index in [1.54, 1.807) is 23.1 Å². The number of aryl methyl sites for hydroxylation is 1. The van der Waals surface area contributed by atoms with Crippen LogP contribution in [0.5, 0.6) is 0 Å². The first-order chi connectivity index (χ1) is 8.91. The molecule has 0 aliphatic carbocycles. The highest BCUT2D eigenvalue weighted by molar-refractivity contribution is 7.89. The molecular weight excluding hydrogens is 264 g/mol. The summed E-state index contributed by atoms with van der Waals surface area (Å²) in [5.74, 6) is -0.00685. The highest BCUT2D eigenvalue weighted by atomic mass is 32.2. The molecule has 104 valence electrons. The molecule has 1 aliphatic heterocycles. The van der Waals surface area contributed by atoms with Crippen LogP contribution in [-0.4, -0.2) is 49.7 Å². The first-order valence-electron chi connectivity index (χ1n) is 6.23. The standard InChI is InChI=1S/C13H18N2O3S/c1-11-4-3-5-13(10-11)19(17,18)15-8-6-14(7-9-15)12(2)16/h3-5,10H,6-9H2,1-2H3. The van der Waals surface area contributed by atoms with Gasteiger partial charge in [-0.2, -0.15) is 4.31 Å². The van der Waals surface area contributed by atoms with Crippen molar-refractivity contribution in [2.45, 2.75) is 18.7 Å². The monoisotopic (exact) mass is 282 g/mol. The highest BCUT2D eigenvalue weighted by Gasteiger charge is 2.29. The quantitative estimate of drug-likeness (QED) is 0.808. The van der Waals surface area contributed by atoms with Gasteiger partial charge >= 0.3 is 0 Å². The lowest BCUT2D eigenvalue weighted by Gasteiger charge is -2.33. The molecule has 2 rings (SSSR count). The molecule has 0 spiro atoms. The third-order valence-electron chi connectivity index (χ3n) is 3.31. The van der Waals surface area contributed by atoms with Crippen molar-refractivity contribution in [2.24, 2.45) is 0 Å². The van der Waals surface area contributed by atoms with Crippen molar-refractivity contribution in [1.82, 2.24) is 9.21 Å². The molecule has 1 amide bonds. The van der Waals surface area contributed by atoms with Gasteiger partial charge in [0.2, 0.25) is 15.9 Å². The second-order valence-electron chi connectivity index (χ2n) is 4.73. The number of benzene rings is 1. The molecule has 19 heavy (non-hydrogen) atoms. The molecule has 0 unspecified atom stereocenters.